The Morgan fingerprint density at radius 1 is 0.970 bits per heavy atom. The molecule has 1 fully saturated rings. The maximum Gasteiger partial charge on any atom is 0.163 e. The van der Waals surface area contributed by atoms with Crippen LogP contribution in [0.25, 0.3) is 10.8 Å². The molecule has 3 aromatic carbocycles. The predicted octanol–water partition coefficient (Wildman–Crippen LogP) is 3.93. The first kappa shape index (κ1) is 25.1. The van der Waals surface area contributed by atoms with Crippen LogP contribution in [0.3, 0.4) is 0 Å². The van der Waals surface area contributed by atoms with Crippen molar-refractivity contribution in [1.29, 1.82) is 0 Å². The molecule has 178 valence electrons. The molecule has 0 radical (unpaired) electrons. The summed E-state index contributed by atoms with van der Waals surface area (Å²) in [5, 5.41) is 24.6. The number of anilines is 1. The zero-order valence-electron chi connectivity index (χ0n) is 18.9. The SMILES string of the molecule is C[C@@H](N[C@H]1CCN(c2ccc(OCCO)c(OCCO)c2)C1)c1cccc2ccccc12.Cl. The fraction of sp³-hybridized carbons (Fsp3) is 0.385. The summed E-state index contributed by atoms with van der Waals surface area (Å²) >= 11 is 0. The van der Waals surface area contributed by atoms with Gasteiger partial charge in [-0.15, -0.1) is 12.4 Å². The van der Waals surface area contributed by atoms with Gasteiger partial charge in [-0.05, 0) is 41.8 Å². The molecule has 2 atom stereocenters. The van der Waals surface area contributed by atoms with Crippen molar-refractivity contribution in [2.24, 2.45) is 0 Å². The predicted molar refractivity (Wildman–Crippen MR) is 135 cm³/mol. The minimum Gasteiger partial charge on any atom is -0.487 e. The number of rotatable bonds is 10. The van der Waals surface area contributed by atoms with Crippen molar-refractivity contribution in [2.75, 3.05) is 44.4 Å². The normalized spacial score (nSPS) is 16.5. The first-order valence-electron chi connectivity index (χ1n) is 11.3. The van der Waals surface area contributed by atoms with Crippen LogP contribution in [0.4, 0.5) is 5.69 Å². The van der Waals surface area contributed by atoms with E-state index in [-0.39, 0.29) is 44.9 Å². The molecule has 4 rings (SSSR count). The van der Waals surface area contributed by atoms with E-state index in [1.54, 1.807) is 0 Å². The molecule has 0 saturated carbocycles. The molecule has 0 aliphatic carbocycles. The molecule has 7 heteroatoms. The summed E-state index contributed by atoms with van der Waals surface area (Å²) in [5.74, 6) is 1.17. The van der Waals surface area contributed by atoms with Crippen LogP contribution in [0.2, 0.25) is 0 Å². The van der Waals surface area contributed by atoms with Gasteiger partial charge in [0.25, 0.3) is 0 Å². The minimum atomic E-state index is -0.0641. The minimum absolute atomic E-state index is 0. The number of aliphatic hydroxyl groups excluding tert-OH is 2. The second-order valence-electron chi connectivity index (χ2n) is 8.16. The van der Waals surface area contributed by atoms with Gasteiger partial charge < -0.3 is 29.9 Å². The van der Waals surface area contributed by atoms with Gasteiger partial charge in [0.1, 0.15) is 13.2 Å². The van der Waals surface area contributed by atoms with Crippen LogP contribution in [0.1, 0.15) is 24.9 Å². The highest BCUT2D eigenvalue weighted by Crippen LogP contribution is 2.34. The number of aliphatic hydroxyl groups is 2. The van der Waals surface area contributed by atoms with Crippen LogP contribution in [-0.2, 0) is 0 Å². The Bertz CT molecular complexity index is 1030. The van der Waals surface area contributed by atoms with Gasteiger partial charge in [-0.3, -0.25) is 0 Å². The Morgan fingerprint density at radius 2 is 1.70 bits per heavy atom. The number of hydrogen-bond donors (Lipinski definition) is 3. The van der Waals surface area contributed by atoms with Crippen molar-refractivity contribution >= 4 is 28.9 Å². The van der Waals surface area contributed by atoms with Gasteiger partial charge in [-0.2, -0.15) is 0 Å². The first-order chi connectivity index (χ1) is 15.7. The number of nitrogens with one attached hydrogen (secondary N) is 1. The van der Waals surface area contributed by atoms with Crippen LogP contribution in [0.15, 0.2) is 60.7 Å². The summed E-state index contributed by atoms with van der Waals surface area (Å²) in [6.45, 7) is 4.38. The topological polar surface area (TPSA) is 74.2 Å². The highest BCUT2D eigenvalue weighted by atomic mass is 35.5. The molecule has 3 N–H and O–H groups in total. The van der Waals surface area contributed by atoms with Crippen molar-refractivity contribution in [1.82, 2.24) is 5.32 Å². The van der Waals surface area contributed by atoms with Crippen LogP contribution >= 0.6 is 12.4 Å². The molecule has 6 nitrogen and oxygen atoms in total. The van der Waals surface area contributed by atoms with E-state index >= 15 is 0 Å². The second-order valence-corrected chi connectivity index (χ2v) is 8.16. The maximum atomic E-state index is 9.13. The lowest BCUT2D eigenvalue weighted by atomic mass is 9.99. The summed E-state index contributed by atoms with van der Waals surface area (Å²) in [4.78, 5) is 2.34. The van der Waals surface area contributed by atoms with Crippen LogP contribution in [-0.4, -0.2) is 55.8 Å². The number of nitrogens with zero attached hydrogens (tertiary/aromatic N) is 1. The third-order valence-corrected chi connectivity index (χ3v) is 5.95. The molecule has 1 aliphatic rings. The first-order valence-corrected chi connectivity index (χ1v) is 11.3. The van der Waals surface area contributed by atoms with Gasteiger partial charge in [0.15, 0.2) is 11.5 Å². The lowest BCUT2D eigenvalue weighted by Gasteiger charge is -2.23. The highest BCUT2D eigenvalue weighted by molar-refractivity contribution is 5.86. The highest BCUT2D eigenvalue weighted by Gasteiger charge is 2.25. The quantitative estimate of drug-likeness (QED) is 0.415. The van der Waals surface area contributed by atoms with E-state index in [2.05, 4.69) is 59.6 Å². The summed E-state index contributed by atoms with van der Waals surface area (Å²) in [5.41, 5.74) is 2.39. The van der Waals surface area contributed by atoms with Gasteiger partial charge in [-0.1, -0.05) is 42.5 Å². The number of benzene rings is 3. The van der Waals surface area contributed by atoms with Gasteiger partial charge in [-0.25, -0.2) is 0 Å². The Hall–Kier alpha value is -2.51. The van der Waals surface area contributed by atoms with E-state index < -0.39 is 0 Å². The van der Waals surface area contributed by atoms with E-state index in [9.17, 15) is 0 Å². The van der Waals surface area contributed by atoms with Crippen LogP contribution < -0.4 is 19.7 Å². The van der Waals surface area contributed by atoms with E-state index in [1.807, 2.05) is 18.2 Å². The molecule has 33 heavy (non-hydrogen) atoms. The van der Waals surface area contributed by atoms with Gasteiger partial charge in [0, 0.05) is 36.9 Å². The molecular weight excluding hydrogens is 440 g/mol. The molecule has 0 amide bonds. The van der Waals surface area contributed by atoms with Crippen LogP contribution in [0.5, 0.6) is 11.5 Å². The molecule has 0 bridgehead atoms. The Balaban J connectivity index is 0.00000306. The van der Waals surface area contributed by atoms with Crippen molar-refractivity contribution in [3.63, 3.8) is 0 Å². The fourth-order valence-electron chi connectivity index (χ4n) is 4.44. The summed E-state index contributed by atoms with van der Waals surface area (Å²) in [7, 11) is 0. The second kappa shape index (κ2) is 12.1. The summed E-state index contributed by atoms with van der Waals surface area (Å²) < 4.78 is 11.2. The van der Waals surface area contributed by atoms with Crippen molar-refractivity contribution in [2.45, 2.75) is 25.4 Å². The fourth-order valence-corrected chi connectivity index (χ4v) is 4.44. The third-order valence-electron chi connectivity index (χ3n) is 5.95. The molecule has 1 saturated heterocycles. The van der Waals surface area contributed by atoms with E-state index in [0.717, 1.165) is 25.2 Å². The van der Waals surface area contributed by atoms with E-state index in [1.165, 1.54) is 16.3 Å². The van der Waals surface area contributed by atoms with Gasteiger partial charge in [0.05, 0.1) is 13.2 Å². The van der Waals surface area contributed by atoms with Crippen molar-refractivity contribution < 1.29 is 19.7 Å². The lowest BCUT2D eigenvalue weighted by molar-refractivity contribution is 0.178. The molecule has 1 heterocycles. The molecule has 0 spiro atoms. The average molecular weight is 473 g/mol. The number of fused-ring (bicyclic) bond motifs is 1. The number of hydrogen-bond acceptors (Lipinski definition) is 6. The number of ether oxygens (including phenoxy) is 2. The zero-order valence-corrected chi connectivity index (χ0v) is 19.8. The van der Waals surface area contributed by atoms with Crippen LogP contribution in [0, 0.1) is 0 Å². The molecule has 3 aromatic rings. The third kappa shape index (κ3) is 6.09. The Labute approximate surface area is 201 Å². The molecule has 1 aliphatic heterocycles. The average Bonchev–Trinajstić information content (AvgIpc) is 3.29. The van der Waals surface area contributed by atoms with Gasteiger partial charge >= 0.3 is 0 Å². The molecule has 0 aromatic heterocycles. The van der Waals surface area contributed by atoms with Crippen molar-refractivity contribution in [3.05, 3.63) is 66.2 Å². The van der Waals surface area contributed by atoms with Crippen molar-refractivity contribution in [3.8, 4) is 11.5 Å². The largest absolute Gasteiger partial charge is 0.487 e. The monoisotopic (exact) mass is 472 g/mol. The maximum absolute atomic E-state index is 9.13. The number of halogens is 1. The molecular formula is C26H33ClN2O4. The smallest absolute Gasteiger partial charge is 0.163 e. The summed E-state index contributed by atoms with van der Waals surface area (Å²) in [6, 6.07) is 21.5. The molecule has 0 unspecified atom stereocenters. The summed E-state index contributed by atoms with van der Waals surface area (Å²) in [6.07, 6.45) is 1.06. The Kier molecular flexibility index (Phi) is 9.21. The standard InChI is InChI=1S/C26H32N2O4.ClH/c1-19(23-8-4-6-20-5-2-3-7-24(20)23)27-21-11-12-28(18-21)22-9-10-25(31-15-13-29)26(17-22)32-16-14-30;/h2-10,17,19,21,27,29-30H,11-16,18H2,1H3;1H/t19-,21+;/m1./s1. The van der Waals surface area contributed by atoms with E-state index in [4.69, 9.17) is 19.7 Å². The zero-order chi connectivity index (χ0) is 22.3. The lowest BCUT2D eigenvalue weighted by Crippen LogP contribution is -2.34. The van der Waals surface area contributed by atoms with Gasteiger partial charge in [0.2, 0.25) is 0 Å². The Morgan fingerprint density at radius 3 is 2.48 bits per heavy atom. The van der Waals surface area contributed by atoms with E-state index in [0.29, 0.717) is 17.5 Å².